The summed E-state index contributed by atoms with van der Waals surface area (Å²) in [6.07, 6.45) is 1.30. The van der Waals surface area contributed by atoms with Crippen molar-refractivity contribution in [3.8, 4) is 0 Å². The van der Waals surface area contributed by atoms with Gasteiger partial charge in [-0.1, -0.05) is 35.3 Å². The average Bonchev–Trinajstić information content (AvgIpc) is 2.96. The molecule has 1 saturated heterocycles. The maximum atomic E-state index is 12.4. The molecule has 1 aliphatic heterocycles. The van der Waals surface area contributed by atoms with E-state index in [9.17, 15) is 9.59 Å². The zero-order valence-corrected chi connectivity index (χ0v) is 13.7. The van der Waals surface area contributed by atoms with Crippen LogP contribution in [-0.2, 0) is 4.79 Å². The van der Waals surface area contributed by atoms with Crippen LogP contribution in [0.2, 0.25) is 10.0 Å². The number of carbonyl (C=O) groups is 2. The number of amides is 2. The average molecular weight is 349 g/mol. The minimum Gasteiger partial charge on any atom is -0.321 e. The van der Waals surface area contributed by atoms with Gasteiger partial charge in [0.15, 0.2) is 0 Å². The van der Waals surface area contributed by atoms with Crippen LogP contribution >= 0.6 is 23.2 Å². The summed E-state index contributed by atoms with van der Waals surface area (Å²) in [5.74, 6) is -0.279. The lowest BCUT2D eigenvalue weighted by Gasteiger charge is -2.18. The first-order valence-corrected chi connectivity index (χ1v) is 7.97. The molecule has 1 N–H and O–H groups in total. The van der Waals surface area contributed by atoms with Crippen LogP contribution in [0.5, 0.6) is 0 Å². The van der Waals surface area contributed by atoms with E-state index in [0.29, 0.717) is 39.9 Å². The fourth-order valence-corrected chi connectivity index (χ4v) is 2.92. The van der Waals surface area contributed by atoms with Gasteiger partial charge < -0.3 is 10.2 Å². The number of anilines is 2. The first kappa shape index (κ1) is 15.8. The summed E-state index contributed by atoms with van der Waals surface area (Å²) in [5, 5.41) is 3.67. The standard InChI is InChI=1S/C17H14Cl2N2O2/c18-12-4-1-2-5-14(12)20-17(23)11-7-8-13(19)15(10-11)21-9-3-6-16(21)22/h1-2,4-5,7-8,10H,3,6,9H2,(H,20,23). The number of nitrogens with zero attached hydrogens (tertiary/aromatic N) is 1. The molecule has 0 aromatic heterocycles. The van der Waals surface area contributed by atoms with Gasteiger partial charge in [-0.05, 0) is 36.8 Å². The maximum absolute atomic E-state index is 12.4. The van der Waals surface area contributed by atoms with Crippen LogP contribution in [0.15, 0.2) is 42.5 Å². The topological polar surface area (TPSA) is 49.4 Å². The third-order valence-electron chi connectivity index (χ3n) is 3.69. The van der Waals surface area contributed by atoms with E-state index in [1.54, 1.807) is 47.4 Å². The largest absolute Gasteiger partial charge is 0.321 e. The zero-order valence-electron chi connectivity index (χ0n) is 12.2. The van der Waals surface area contributed by atoms with Gasteiger partial charge in [0.1, 0.15) is 0 Å². The van der Waals surface area contributed by atoms with E-state index in [0.717, 1.165) is 6.42 Å². The minimum absolute atomic E-state index is 0.0237. The Morgan fingerprint density at radius 2 is 1.87 bits per heavy atom. The van der Waals surface area contributed by atoms with Crippen LogP contribution in [0.1, 0.15) is 23.2 Å². The summed E-state index contributed by atoms with van der Waals surface area (Å²) in [7, 11) is 0. The SMILES string of the molecule is O=C(Nc1ccccc1Cl)c1ccc(Cl)c(N2CCCC2=O)c1. The Hall–Kier alpha value is -2.04. The second-order valence-electron chi connectivity index (χ2n) is 5.25. The van der Waals surface area contributed by atoms with Gasteiger partial charge in [0.2, 0.25) is 5.91 Å². The van der Waals surface area contributed by atoms with Gasteiger partial charge in [-0.2, -0.15) is 0 Å². The molecule has 0 radical (unpaired) electrons. The van der Waals surface area contributed by atoms with Gasteiger partial charge in [-0.15, -0.1) is 0 Å². The highest BCUT2D eigenvalue weighted by atomic mass is 35.5. The number of nitrogens with one attached hydrogen (secondary N) is 1. The van der Waals surface area contributed by atoms with Crippen LogP contribution < -0.4 is 10.2 Å². The van der Waals surface area contributed by atoms with Gasteiger partial charge in [0.05, 0.1) is 21.4 Å². The summed E-state index contributed by atoms with van der Waals surface area (Å²) in [5.41, 5.74) is 1.53. The molecule has 1 aliphatic rings. The number of para-hydroxylation sites is 1. The van der Waals surface area contributed by atoms with Crippen LogP contribution in [-0.4, -0.2) is 18.4 Å². The lowest BCUT2D eigenvalue weighted by atomic mass is 10.1. The fraction of sp³-hybridized carbons (Fsp3) is 0.176. The first-order valence-electron chi connectivity index (χ1n) is 7.22. The molecule has 23 heavy (non-hydrogen) atoms. The van der Waals surface area contributed by atoms with Gasteiger partial charge in [0.25, 0.3) is 5.91 Å². The van der Waals surface area contributed by atoms with Crippen molar-refractivity contribution in [3.63, 3.8) is 0 Å². The fourth-order valence-electron chi connectivity index (χ4n) is 2.52. The van der Waals surface area contributed by atoms with Crippen molar-refractivity contribution >= 4 is 46.4 Å². The summed E-state index contributed by atoms with van der Waals surface area (Å²) >= 11 is 12.2. The molecular weight excluding hydrogens is 335 g/mol. The second-order valence-corrected chi connectivity index (χ2v) is 6.06. The Kier molecular flexibility index (Phi) is 4.55. The van der Waals surface area contributed by atoms with Crippen LogP contribution in [0, 0.1) is 0 Å². The quantitative estimate of drug-likeness (QED) is 0.894. The van der Waals surface area contributed by atoms with E-state index in [1.807, 2.05) is 0 Å². The normalized spacial score (nSPS) is 14.2. The van der Waals surface area contributed by atoms with Crippen LogP contribution in [0.25, 0.3) is 0 Å². The van der Waals surface area contributed by atoms with Crippen LogP contribution in [0.3, 0.4) is 0 Å². The van der Waals surface area contributed by atoms with E-state index in [2.05, 4.69) is 5.32 Å². The van der Waals surface area contributed by atoms with Gasteiger partial charge in [-0.3, -0.25) is 9.59 Å². The Bertz CT molecular complexity index is 777. The number of rotatable bonds is 3. The van der Waals surface area contributed by atoms with E-state index in [1.165, 1.54) is 0 Å². The third kappa shape index (κ3) is 3.33. The summed E-state index contributed by atoms with van der Waals surface area (Å²) in [6, 6.07) is 11.9. The van der Waals surface area contributed by atoms with Crippen molar-refractivity contribution in [1.82, 2.24) is 0 Å². The molecule has 0 spiro atoms. The number of hydrogen-bond acceptors (Lipinski definition) is 2. The highest BCUT2D eigenvalue weighted by molar-refractivity contribution is 6.34. The molecule has 2 amide bonds. The molecule has 0 bridgehead atoms. The maximum Gasteiger partial charge on any atom is 0.255 e. The van der Waals surface area contributed by atoms with Gasteiger partial charge in [-0.25, -0.2) is 0 Å². The Morgan fingerprint density at radius 1 is 1.09 bits per heavy atom. The van der Waals surface area contributed by atoms with E-state index in [4.69, 9.17) is 23.2 Å². The molecule has 2 aromatic rings. The van der Waals surface area contributed by atoms with E-state index in [-0.39, 0.29) is 11.8 Å². The summed E-state index contributed by atoms with van der Waals surface area (Å²) < 4.78 is 0. The number of hydrogen-bond donors (Lipinski definition) is 1. The Balaban J connectivity index is 1.87. The first-order chi connectivity index (χ1) is 11.1. The second kappa shape index (κ2) is 6.60. The molecule has 2 aromatic carbocycles. The molecule has 4 nitrogen and oxygen atoms in total. The molecule has 0 unspecified atom stereocenters. The summed E-state index contributed by atoms with van der Waals surface area (Å²) in [4.78, 5) is 25.9. The van der Waals surface area contributed by atoms with Crippen molar-refractivity contribution in [2.45, 2.75) is 12.8 Å². The Labute approximate surface area is 144 Å². The molecule has 1 fully saturated rings. The van der Waals surface area contributed by atoms with Crippen molar-refractivity contribution in [2.75, 3.05) is 16.8 Å². The predicted molar refractivity (Wildman–Crippen MR) is 92.4 cm³/mol. The molecule has 0 atom stereocenters. The Morgan fingerprint density at radius 3 is 2.57 bits per heavy atom. The monoisotopic (exact) mass is 348 g/mol. The lowest BCUT2D eigenvalue weighted by molar-refractivity contribution is -0.117. The third-order valence-corrected chi connectivity index (χ3v) is 4.34. The van der Waals surface area contributed by atoms with E-state index < -0.39 is 0 Å². The smallest absolute Gasteiger partial charge is 0.255 e. The van der Waals surface area contributed by atoms with Crippen molar-refractivity contribution in [1.29, 1.82) is 0 Å². The molecule has 1 heterocycles. The van der Waals surface area contributed by atoms with Crippen molar-refractivity contribution in [2.24, 2.45) is 0 Å². The number of carbonyl (C=O) groups excluding carboxylic acids is 2. The lowest BCUT2D eigenvalue weighted by Crippen LogP contribution is -2.24. The molecule has 3 rings (SSSR count). The number of benzene rings is 2. The molecule has 6 heteroatoms. The molecule has 0 saturated carbocycles. The molecular formula is C17H14Cl2N2O2. The van der Waals surface area contributed by atoms with E-state index >= 15 is 0 Å². The predicted octanol–water partition coefficient (Wildman–Crippen LogP) is 4.37. The van der Waals surface area contributed by atoms with Gasteiger partial charge in [0, 0.05) is 18.5 Å². The molecule has 118 valence electrons. The van der Waals surface area contributed by atoms with Crippen LogP contribution in [0.4, 0.5) is 11.4 Å². The van der Waals surface area contributed by atoms with Gasteiger partial charge >= 0.3 is 0 Å². The highest BCUT2D eigenvalue weighted by Crippen LogP contribution is 2.31. The number of halogens is 2. The summed E-state index contributed by atoms with van der Waals surface area (Å²) in [6.45, 7) is 0.619. The van der Waals surface area contributed by atoms with Crippen molar-refractivity contribution in [3.05, 3.63) is 58.1 Å². The highest BCUT2D eigenvalue weighted by Gasteiger charge is 2.24. The minimum atomic E-state index is -0.303. The molecule has 0 aliphatic carbocycles. The zero-order chi connectivity index (χ0) is 16.4. The van der Waals surface area contributed by atoms with Crippen molar-refractivity contribution < 1.29 is 9.59 Å².